The van der Waals surface area contributed by atoms with Gasteiger partial charge in [0.05, 0.1) is 6.04 Å². The highest BCUT2D eigenvalue weighted by atomic mass is 32.1. The largest absolute Gasteiger partial charge is 0.336 e. The average Bonchev–Trinajstić information content (AvgIpc) is 3.33. The van der Waals surface area contributed by atoms with Gasteiger partial charge >= 0.3 is 0 Å². The molecule has 1 fully saturated rings. The van der Waals surface area contributed by atoms with Crippen molar-refractivity contribution in [2.24, 2.45) is 5.41 Å². The molecule has 6 heteroatoms. The fourth-order valence-corrected chi connectivity index (χ4v) is 5.39. The molecule has 5 nitrogen and oxygen atoms in total. The quantitative estimate of drug-likeness (QED) is 0.577. The average molecular weight is 438 g/mol. The second-order valence-electron chi connectivity index (χ2n) is 9.52. The van der Waals surface area contributed by atoms with Crippen molar-refractivity contribution in [2.45, 2.75) is 46.7 Å². The van der Waals surface area contributed by atoms with Crippen LogP contribution in [0.1, 0.15) is 56.7 Å². The monoisotopic (exact) mass is 437 g/mol. The van der Waals surface area contributed by atoms with Crippen LogP contribution < -0.4 is 0 Å². The van der Waals surface area contributed by atoms with Crippen molar-refractivity contribution in [1.29, 1.82) is 0 Å². The summed E-state index contributed by atoms with van der Waals surface area (Å²) in [6.07, 6.45) is 0. The lowest BCUT2D eigenvalue weighted by molar-refractivity contribution is -0.143. The summed E-state index contributed by atoms with van der Waals surface area (Å²) in [5.74, 6) is 0.189. The summed E-state index contributed by atoms with van der Waals surface area (Å²) in [5.41, 5.74) is 1.49. The summed E-state index contributed by atoms with van der Waals surface area (Å²) in [6, 6.07) is 14.5. The Morgan fingerprint density at radius 3 is 2.45 bits per heavy atom. The molecular formula is C25H31N3O2S. The van der Waals surface area contributed by atoms with E-state index < -0.39 is 5.41 Å². The molecular weight excluding hydrogens is 406 g/mol. The summed E-state index contributed by atoms with van der Waals surface area (Å²) in [5, 5.41) is 3.18. The minimum Gasteiger partial charge on any atom is -0.336 e. The van der Waals surface area contributed by atoms with Crippen molar-refractivity contribution in [3.63, 3.8) is 0 Å². The Morgan fingerprint density at radius 1 is 1.10 bits per heavy atom. The van der Waals surface area contributed by atoms with Crippen LogP contribution in [0.25, 0.3) is 10.2 Å². The summed E-state index contributed by atoms with van der Waals surface area (Å²) in [7, 11) is 0. The van der Waals surface area contributed by atoms with Gasteiger partial charge in [-0.3, -0.25) is 9.59 Å². The van der Waals surface area contributed by atoms with Crippen molar-refractivity contribution in [2.75, 3.05) is 19.6 Å². The molecule has 31 heavy (non-hydrogen) atoms. The van der Waals surface area contributed by atoms with Crippen LogP contribution in [0.4, 0.5) is 0 Å². The van der Waals surface area contributed by atoms with E-state index in [-0.39, 0.29) is 23.9 Å². The number of fused-ring (bicyclic) bond motifs is 1. The van der Waals surface area contributed by atoms with Gasteiger partial charge in [0.2, 0.25) is 5.91 Å². The van der Waals surface area contributed by atoms with Gasteiger partial charge in [0.25, 0.3) is 5.91 Å². The van der Waals surface area contributed by atoms with Crippen molar-refractivity contribution < 1.29 is 9.59 Å². The van der Waals surface area contributed by atoms with Gasteiger partial charge in [-0.05, 0) is 36.9 Å². The Labute approximate surface area is 188 Å². The first-order valence-electron chi connectivity index (χ1n) is 10.9. The Balaban J connectivity index is 1.62. The van der Waals surface area contributed by atoms with Crippen LogP contribution in [0.3, 0.4) is 0 Å². The Hall–Kier alpha value is -2.60. The lowest BCUT2D eigenvalue weighted by Gasteiger charge is -2.42. The van der Waals surface area contributed by atoms with Gasteiger partial charge in [0, 0.05) is 36.5 Å². The molecule has 4 rings (SSSR count). The fraction of sp³-hybridized carbons (Fsp3) is 0.440. The number of rotatable bonds is 3. The summed E-state index contributed by atoms with van der Waals surface area (Å²) >= 11 is 1.67. The second-order valence-corrected chi connectivity index (χ2v) is 10.4. The van der Waals surface area contributed by atoms with Gasteiger partial charge in [0.15, 0.2) is 0 Å². The molecule has 0 unspecified atom stereocenters. The normalized spacial score (nSPS) is 18.4. The van der Waals surface area contributed by atoms with Gasteiger partial charge in [-0.1, -0.05) is 51.1 Å². The van der Waals surface area contributed by atoms with E-state index in [0.29, 0.717) is 19.6 Å². The molecule has 2 atom stereocenters. The lowest BCUT2D eigenvalue weighted by Crippen LogP contribution is -2.57. The number of thiophene rings is 1. The SMILES string of the molecule is C[C@@H]1CN(C(=O)c2cc3ccsc3n2[C@H](C)c2ccccc2)CCN1C(=O)C(C)(C)C. The molecule has 1 aromatic carbocycles. The van der Waals surface area contributed by atoms with Gasteiger partial charge < -0.3 is 14.4 Å². The van der Waals surface area contributed by atoms with Crippen LogP contribution >= 0.6 is 11.3 Å². The standard InChI is InChI=1S/C25H31N3O2S/c1-17-16-26(12-13-27(17)24(30)25(3,4)5)22(29)21-15-20-11-14-31-23(20)28(21)18(2)19-9-7-6-8-10-19/h6-11,14-15,17-18H,12-13,16H2,1-5H3/t17-,18-/m1/s1. The first-order chi connectivity index (χ1) is 14.7. The Morgan fingerprint density at radius 2 is 1.81 bits per heavy atom. The van der Waals surface area contributed by atoms with Crippen molar-refractivity contribution >= 4 is 33.4 Å². The van der Waals surface area contributed by atoms with Crippen LogP contribution in [-0.2, 0) is 4.79 Å². The third-order valence-electron chi connectivity index (χ3n) is 6.15. The molecule has 0 spiro atoms. The molecule has 2 aromatic heterocycles. The highest BCUT2D eigenvalue weighted by molar-refractivity contribution is 7.16. The molecule has 0 N–H and O–H groups in total. The number of hydrogen-bond donors (Lipinski definition) is 0. The van der Waals surface area contributed by atoms with Crippen LogP contribution in [-0.4, -0.2) is 51.9 Å². The van der Waals surface area contributed by atoms with E-state index in [2.05, 4.69) is 35.1 Å². The highest BCUT2D eigenvalue weighted by Crippen LogP contribution is 2.32. The van der Waals surface area contributed by atoms with E-state index in [1.54, 1.807) is 11.3 Å². The third kappa shape index (κ3) is 4.01. The number of nitrogens with zero attached hydrogens (tertiary/aromatic N) is 3. The van der Waals surface area contributed by atoms with E-state index >= 15 is 0 Å². The number of hydrogen-bond acceptors (Lipinski definition) is 3. The first kappa shape index (κ1) is 21.6. The number of amides is 2. The molecule has 1 saturated heterocycles. The molecule has 2 amide bonds. The lowest BCUT2D eigenvalue weighted by atomic mass is 9.93. The topological polar surface area (TPSA) is 45.6 Å². The van der Waals surface area contributed by atoms with Gasteiger partial charge in [-0.2, -0.15) is 0 Å². The van der Waals surface area contributed by atoms with E-state index in [0.717, 1.165) is 15.9 Å². The Kier molecular flexibility index (Phi) is 5.69. The van der Waals surface area contributed by atoms with Crippen molar-refractivity contribution in [3.8, 4) is 0 Å². The molecule has 164 valence electrons. The van der Waals surface area contributed by atoms with Gasteiger partial charge in [-0.15, -0.1) is 11.3 Å². The van der Waals surface area contributed by atoms with Crippen LogP contribution in [0, 0.1) is 5.41 Å². The predicted molar refractivity (Wildman–Crippen MR) is 127 cm³/mol. The van der Waals surface area contributed by atoms with E-state index in [1.807, 2.05) is 61.8 Å². The molecule has 3 aromatic rings. The van der Waals surface area contributed by atoms with Gasteiger partial charge in [0.1, 0.15) is 10.5 Å². The molecule has 0 bridgehead atoms. The van der Waals surface area contributed by atoms with Crippen LogP contribution in [0.2, 0.25) is 0 Å². The number of benzene rings is 1. The molecule has 0 saturated carbocycles. The molecule has 3 heterocycles. The zero-order valence-corrected chi connectivity index (χ0v) is 19.8. The van der Waals surface area contributed by atoms with E-state index in [9.17, 15) is 9.59 Å². The van der Waals surface area contributed by atoms with Crippen molar-refractivity contribution in [1.82, 2.24) is 14.4 Å². The predicted octanol–water partition coefficient (Wildman–Crippen LogP) is 5.03. The summed E-state index contributed by atoms with van der Waals surface area (Å²) in [4.78, 5) is 31.4. The van der Waals surface area contributed by atoms with E-state index in [1.165, 1.54) is 5.56 Å². The fourth-order valence-electron chi connectivity index (χ4n) is 4.41. The molecule has 1 aliphatic rings. The molecule has 0 aliphatic carbocycles. The maximum atomic E-state index is 13.6. The number of carbonyl (C=O) groups excluding carboxylic acids is 2. The second kappa shape index (κ2) is 8.15. The minimum atomic E-state index is -0.412. The van der Waals surface area contributed by atoms with Crippen molar-refractivity contribution in [3.05, 3.63) is 59.1 Å². The van der Waals surface area contributed by atoms with Crippen LogP contribution in [0.5, 0.6) is 0 Å². The number of carbonyl (C=O) groups is 2. The first-order valence-corrected chi connectivity index (χ1v) is 11.8. The third-order valence-corrected chi connectivity index (χ3v) is 7.08. The maximum absolute atomic E-state index is 13.6. The number of piperazine rings is 1. The van der Waals surface area contributed by atoms with E-state index in [4.69, 9.17) is 0 Å². The highest BCUT2D eigenvalue weighted by Gasteiger charge is 2.36. The van der Waals surface area contributed by atoms with Gasteiger partial charge in [-0.25, -0.2) is 0 Å². The maximum Gasteiger partial charge on any atom is 0.270 e. The molecule has 0 radical (unpaired) electrons. The summed E-state index contributed by atoms with van der Waals surface area (Å²) < 4.78 is 2.18. The van der Waals surface area contributed by atoms with Crippen LogP contribution in [0.15, 0.2) is 47.8 Å². The summed E-state index contributed by atoms with van der Waals surface area (Å²) in [6.45, 7) is 11.7. The number of aromatic nitrogens is 1. The Bertz CT molecular complexity index is 1090. The zero-order chi connectivity index (χ0) is 22.3. The molecule has 1 aliphatic heterocycles. The smallest absolute Gasteiger partial charge is 0.270 e. The zero-order valence-electron chi connectivity index (χ0n) is 19.0. The minimum absolute atomic E-state index is 0.000464.